The number of hydrogen-bond donors (Lipinski definition) is 4. The largest absolute Gasteiger partial charge is 0.410 e. The van der Waals surface area contributed by atoms with Gasteiger partial charge >= 0.3 is 0 Å². The van der Waals surface area contributed by atoms with E-state index in [9.17, 15) is 16.8 Å². The van der Waals surface area contributed by atoms with Crippen molar-refractivity contribution in [2.45, 2.75) is 9.79 Å². The van der Waals surface area contributed by atoms with Crippen molar-refractivity contribution in [1.82, 2.24) is 30.3 Å². The summed E-state index contributed by atoms with van der Waals surface area (Å²) in [6, 6.07) is 7.10. The van der Waals surface area contributed by atoms with Crippen molar-refractivity contribution in [3.63, 3.8) is 0 Å². The first-order chi connectivity index (χ1) is 13.0. The normalized spacial score (nSPS) is 12.1. The van der Waals surface area contributed by atoms with Gasteiger partial charge in [-0.25, -0.2) is 0 Å². The van der Waals surface area contributed by atoms with Gasteiger partial charge in [-0.1, -0.05) is 9.69 Å². The van der Waals surface area contributed by atoms with E-state index < -0.39 is 20.2 Å². The third-order valence-electron chi connectivity index (χ3n) is 3.39. The molecule has 0 bridgehead atoms. The van der Waals surface area contributed by atoms with Crippen molar-refractivity contribution in [2.75, 3.05) is 0 Å². The Kier molecular flexibility index (Phi) is 4.63. The predicted molar refractivity (Wildman–Crippen MR) is 89.1 cm³/mol. The number of fused-ring (bicyclic) bond motifs is 2. The molecular weight excluding hydrogens is 420 g/mol. The lowest BCUT2D eigenvalue weighted by Gasteiger charge is -1.95. The third kappa shape index (κ3) is 3.83. The van der Waals surface area contributed by atoms with Crippen molar-refractivity contribution < 1.29 is 36.4 Å². The van der Waals surface area contributed by atoms with Gasteiger partial charge < -0.3 is 10.4 Å². The summed E-state index contributed by atoms with van der Waals surface area (Å²) in [5.41, 5.74) is 0.889. The molecule has 2 heterocycles. The second-order valence-corrected chi connectivity index (χ2v) is 8.05. The van der Waals surface area contributed by atoms with Crippen LogP contribution in [-0.2, 0) is 20.2 Å². The average Bonchev–Trinajstić information content (AvgIpc) is 3.17. The molecule has 0 amide bonds. The standard InChI is InChI=1S/2C6H5N3O4S/c2*10-9-6-2-1-4(14(11,12)13)3-5(6)7-8-9/h2*1-3,10H,(H,11,12,13). The van der Waals surface area contributed by atoms with Gasteiger partial charge in [-0.2, -0.15) is 16.8 Å². The van der Waals surface area contributed by atoms with Gasteiger partial charge in [0.05, 0.1) is 9.79 Å². The van der Waals surface area contributed by atoms with Crippen LogP contribution in [0, 0.1) is 0 Å². The summed E-state index contributed by atoms with van der Waals surface area (Å²) in [4.78, 5) is 0.461. The topological polar surface area (TPSA) is 211 Å². The molecule has 4 rings (SSSR count). The van der Waals surface area contributed by atoms with E-state index >= 15 is 0 Å². The van der Waals surface area contributed by atoms with Crippen molar-refractivity contribution in [2.24, 2.45) is 0 Å². The molecule has 16 heteroatoms. The van der Waals surface area contributed by atoms with Crippen LogP contribution in [0.2, 0.25) is 0 Å². The van der Waals surface area contributed by atoms with Crippen LogP contribution in [0.25, 0.3) is 22.1 Å². The van der Waals surface area contributed by atoms with E-state index in [1.54, 1.807) is 0 Å². The summed E-state index contributed by atoms with van der Waals surface area (Å²) in [6.45, 7) is 0. The molecule has 0 saturated heterocycles. The highest BCUT2D eigenvalue weighted by Crippen LogP contribution is 2.16. The molecule has 0 fully saturated rings. The first kappa shape index (κ1) is 19.4. The monoisotopic (exact) mass is 430 g/mol. The van der Waals surface area contributed by atoms with Crippen molar-refractivity contribution in [3.8, 4) is 0 Å². The fourth-order valence-corrected chi connectivity index (χ4v) is 3.10. The molecule has 0 aliphatic carbocycles. The van der Waals surface area contributed by atoms with Crippen LogP contribution < -0.4 is 0 Å². The minimum absolute atomic E-state index is 0.183. The fourth-order valence-electron chi connectivity index (χ4n) is 2.10. The second kappa shape index (κ2) is 6.68. The molecule has 28 heavy (non-hydrogen) atoms. The van der Waals surface area contributed by atoms with Crippen LogP contribution >= 0.6 is 0 Å². The van der Waals surface area contributed by atoms with Gasteiger partial charge in [-0.3, -0.25) is 9.11 Å². The molecule has 2 aromatic heterocycles. The van der Waals surface area contributed by atoms with Crippen LogP contribution in [0.1, 0.15) is 0 Å². The van der Waals surface area contributed by atoms with Crippen LogP contribution in [0.15, 0.2) is 46.2 Å². The molecule has 2 aromatic carbocycles. The van der Waals surface area contributed by atoms with Crippen LogP contribution in [-0.4, -0.2) is 66.7 Å². The maximum atomic E-state index is 10.7. The Labute approximate surface area is 155 Å². The second-order valence-electron chi connectivity index (χ2n) is 5.21. The van der Waals surface area contributed by atoms with Crippen molar-refractivity contribution in [1.29, 1.82) is 0 Å². The Morgan fingerprint density at radius 3 is 1.36 bits per heavy atom. The van der Waals surface area contributed by atoms with E-state index in [4.69, 9.17) is 19.5 Å². The predicted octanol–water partition coefficient (Wildman–Crippen LogP) is -0.169. The van der Waals surface area contributed by atoms with E-state index in [0.29, 0.717) is 9.69 Å². The summed E-state index contributed by atoms with van der Waals surface area (Å²) in [5, 5.41) is 31.6. The molecule has 14 nitrogen and oxygen atoms in total. The zero-order valence-corrected chi connectivity index (χ0v) is 15.0. The molecule has 0 spiro atoms. The fraction of sp³-hybridized carbons (Fsp3) is 0. The first-order valence-corrected chi connectivity index (χ1v) is 9.89. The SMILES string of the molecule is O=S(=O)(O)c1ccc2c(c1)nnn2O.O=S(=O)(O)c1ccc2c(c1)nnn2O. The van der Waals surface area contributed by atoms with Gasteiger partial charge in [0.25, 0.3) is 20.2 Å². The molecule has 4 aromatic rings. The lowest BCUT2D eigenvalue weighted by Crippen LogP contribution is -1.97. The zero-order chi connectivity index (χ0) is 20.7. The quantitative estimate of drug-likeness (QED) is 0.241. The minimum Gasteiger partial charge on any atom is -0.410 e. The molecule has 0 radical (unpaired) electrons. The van der Waals surface area contributed by atoms with Crippen LogP contribution in [0.3, 0.4) is 0 Å². The molecule has 0 atom stereocenters. The van der Waals surface area contributed by atoms with Gasteiger partial charge in [0.15, 0.2) is 0 Å². The third-order valence-corrected chi connectivity index (χ3v) is 5.09. The molecule has 0 aliphatic heterocycles. The van der Waals surface area contributed by atoms with Gasteiger partial charge in [0, 0.05) is 0 Å². The van der Waals surface area contributed by atoms with Crippen LogP contribution in [0.4, 0.5) is 0 Å². The summed E-state index contributed by atoms with van der Waals surface area (Å²) < 4.78 is 60.3. The zero-order valence-electron chi connectivity index (χ0n) is 13.4. The Hall–Kier alpha value is -3.34. The van der Waals surface area contributed by atoms with E-state index in [2.05, 4.69) is 20.6 Å². The highest BCUT2D eigenvalue weighted by atomic mass is 32.2. The lowest BCUT2D eigenvalue weighted by atomic mass is 10.3. The van der Waals surface area contributed by atoms with Crippen molar-refractivity contribution >= 4 is 42.3 Å². The Morgan fingerprint density at radius 1 is 0.679 bits per heavy atom. The molecule has 148 valence electrons. The van der Waals surface area contributed by atoms with E-state index in [1.165, 1.54) is 12.1 Å². The molecule has 0 saturated carbocycles. The number of nitrogens with zero attached hydrogens (tertiary/aromatic N) is 6. The summed E-state index contributed by atoms with van der Waals surface area (Å²) >= 11 is 0. The average molecular weight is 430 g/mol. The van der Waals surface area contributed by atoms with Gasteiger partial charge in [-0.05, 0) is 46.8 Å². The maximum Gasteiger partial charge on any atom is 0.294 e. The van der Waals surface area contributed by atoms with Gasteiger partial charge in [0.1, 0.15) is 22.1 Å². The minimum atomic E-state index is -4.24. The Bertz CT molecular complexity index is 1280. The van der Waals surface area contributed by atoms with Gasteiger partial charge in [-0.15, -0.1) is 10.2 Å². The number of aromatic nitrogens is 6. The maximum absolute atomic E-state index is 10.7. The van der Waals surface area contributed by atoms with E-state index in [0.717, 1.165) is 24.3 Å². The van der Waals surface area contributed by atoms with E-state index in [1.807, 2.05) is 0 Å². The highest BCUT2D eigenvalue weighted by molar-refractivity contribution is 7.86. The molecular formula is C12H10N6O8S2. The molecule has 0 unspecified atom stereocenters. The molecule has 4 N–H and O–H groups in total. The summed E-state index contributed by atoms with van der Waals surface area (Å²) in [5.74, 6) is 0. The van der Waals surface area contributed by atoms with Gasteiger partial charge in [0.2, 0.25) is 0 Å². The number of hydrogen-bond acceptors (Lipinski definition) is 10. The first-order valence-electron chi connectivity index (χ1n) is 7.01. The smallest absolute Gasteiger partial charge is 0.294 e. The Balaban J connectivity index is 0.000000161. The molecule has 0 aliphatic rings. The van der Waals surface area contributed by atoms with E-state index in [-0.39, 0.29) is 31.9 Å². The highest BCUT2D eigenvalue weighted by Gasteiger charge is 2.13. The summed E-state index contributed by atoms with van der Waals surface area (Å²) in [7, 11) is -8.49. The number of rotatable bonds is 2. The Morgan fingerprint density at radius 2 is 1.04 bits per heavy atom. The summed E-state index contributed by atoms with van der Waals surface area (Å²) in [6.07, 6.45) is 0. The van der Waals surface area contributed by atoms with Crippen LogP contribution in [0.5, 0.6) is 0 Å². The number of benzene rings is 2. The van der Waals surface area contributed by atoms with Crippen molar-refractivity contribution in [3.05, 3.63) is 36.4 Å². The lowest BCUT2D eigenvalue weighted by molar-refractivity contribution is 0.154.